The first-order valence-corrected chi connectivity index (χ1v) is 5.41. The molecule has 3 N–H and O–H groups in total. The molecule has 0 aromatic heterocycles. The molecule has 0 radical (unpaired) electrons. The summed E-state index contributed by atoms with van der Waals surface area (Å²) in [4.78, 5) is 0. The lowest BCUT2D eigenvalue weighted by molar-refractivity contribution is 0.169. The van der Waals surface area contributed by atoms with Gasteiger partial charge in [0.05, 0.1) is 19.3 Å². The van der Waals surface area contributed by atoms with Gasteiger partial charge >= 0.3 is 0 Å². The van der Waals surface area contributed by atoms with Gasteiger partial charge in [-0.3, -0.25) is 0 Å². The van der Waals surface area contributed by atoms with Gasteiger partial charge in [-0.25, -0.2) is 4.39 Å². The number of aliphatic hydroxyl groups excluding tert-OH is 1. The molecular weight excluding hydrogens is 225 g/mol. The Morgan fingerprint density at radius 2 is 2.06 bits per heavy atom. The van der Waals surface area contributed by atoms with Crippen LogP contribution < -0.4 is 15.2 Å². The highest BCUT2D eigenvalue weighted by molar-refractivity contribution is 5.48. The van der Waals surface area contributed by atoms with Crippen LogP contribution in [0.3, 0.4) is 0 Å². The summed E-state index contributed by atoms with van der Waals surface area (Å²) in [6.45, 7) is 3.66. The number of nitrogens with two attached hydrogens (primary N) is 1. The minimum absolute atomic E-state index is 0.0128. The van der Waals surface area contributed by atoms with Crippen LogP contribution in [0.15, 0.2) is 12.1 Å². The average Bonchev–Trinajstić information content (AvgIpc) is 2.29. The summed E-state index contributed by atoms with van der Waals surface area (Å²) >= 11 is 0. The number of hydrogen-bond donors (Lipinski definition) is 2. The molecule has 1 aromatic rings. The van der Waals surface area contributed by atoms with Crippen LogP contribution in [0.25, 0.3) is 0 Å². The number of hydrogen-bond acceptors (Lipinski definition) is 4. The zero-order valence-electron chi connectivity index (χ0n) is 10.2. The summed E-state index contributed by atoms with van der Waals surface area (Å²) in [7, 11) is 1.42. The Balaban J connectivity index is 3.27. The summed E-state index contributed by atoms with van der Waals surface area (Å²) in [5.74, 6) is 0.0866. The van der Waals surface area contributed by atoms with E-state index in [-0.39, 0.29) is 18.4 Å². The second-order valence-corrected chi connectivity index (χ2v) is 3.94. The average molecular weight is 243 g/mol. The van der Waals surface area contributed by atoms with Crippen molar-refractivity contribution in [3.63, 3.8) is 0 Å². The molecule has 4 nitrogen and oxygen atoms in total. The largest absolute Gasteiger partial charge is 0.493 e. The van der Waals surface area contributed by atoms with E-state index in [0.717, 1.165) is 0 Å². The lowest BCUT2D eigenvalue weighted by Crippen LogP contribution is -2.16. The lowest BCUT2D eigenvalue weighted by atomic mass is 10.1. The third kappa shape index (κ3) is 3.31. The second-order valence-electron chi connectivity index (χ2n) is 3.94. The minimum Gasteiger partial charge on any atom is -0.493 e. The molecule has 0 fully saturated rings. The lowest BCUT2D eigenvalue weighted by Gasteiger charge is -2.19. The van der Waals surface area contributed by atoms with Crippen molar-refractivity contribution in [1.82, 2.24) is 0 Å². The van der Waals surface area contributed by atoms with Crippen molar-refractivity contribution in [1.29, 1.82) is 0 Å². The van der Waals surface area contributed by atoms with Crippen LogP contribution in [0, 0.1) is 5.82 Å². The molecule has 1 atom stereocenters. The standard InChI is InChI=1S/C12H18FNO3/c1-7(2)17-12-9(10(15)6-14)4-8(13)5-11(12)16-3/h4-5,7,10,15H,6,14H2,1-3H3. The Bertz CT molecular complexity index is 382. The highest BCUT2D eigenvalue weighted by Gasteiger charge is 2.19. The van der Waals surface area contributed by atoms with Crippen LogP contribution in [0.4, 0.5) is 4.39 Å². The Morgan fingerprint density at radius 3 is 2.53 bits per heavy atom. The molecule has 0 aliphatic heterocycles. The molecule has 1 aromatic carbocycles. The normalized spacial score (nSPS) is 12.6. The van der Waals surface area contributed by atoms with Crippen molar-refractivity contribution in [3.8, 4) is 11.5 Å². The zero-order valence-corrected chi connectivity index (χ0v) is 10.2. The van der Waals surface area contributed by atoms with Crippen LogP contribution in [-0.2, 0) is 0 Å². The molecule has 17 heavy (non-hydrogen) atoms. The van der Waals surface area contributed by atoms with Gasteiger partial charge in [0.25, 0.3) is 0 Å². The third-order valence-corrected chi connectivity index (χ3v) is 2.20. The van der Waals surface area contributed by atoms with Crippen molar-refractivity contribution in [3.05, 3.63) is 23.5 Å². The quantitative estimate of drug-likeness (QED) is 0.824. The first-order valence-electron chi connectivity index (χ1n) is 5.41. The van der Waals surface area contributed by atoms with E-state index in [1.54, 1.807) is 0 Å². The maximum absolute atomic E-state index is 13.3. The molecule has 0 aliphatic rings. The first-order chi connectivity index (χ1) is 7.99. The monoisotopic (exact) mass is 243 g/mol. The van der Waals surface area contributed by atoms with E-state index in [1.807, 2.05) is 13.8 Å². The predicted molar refractivity (Wildman–Crippen MR) is 62.7 cm³/mol. The van der Waals surface area contributed by atoms with Gasteiger partial charge in [0.1, 0.15) is 5.82 Å². The molecule has 0 spiro atoms. The fourth-order valence-electron chi connectivity index (χ4n) is 1.48. The van der Waals surface area contributed by atoms with Crippen molar-refractivity contribution < 1.29 is 19.0 Å². The van der Waals surface area contributed by atoms with E-state index >= 15 is 0 Å². The molecule has 1 unspecified atom stereocenters. The number of aliphatic hydroxyl groups is 1. The van der Waals surface area contributed by atoms with Gasteiger partial charge in [-0.15, -0.1) is 0 Å². The fourth-order valence-corrected chi connectivity index (χ4v) is 1.48. The molecule has 5 heteroatoms. The van der Waals surface area contributed by atoms with E-state index < -0.39 is 11.9 Å². The van der Waals surface area contributed by atoms with Crippen LogP contribution in [0.5, 0.6) is 11.5 Å². The van der Waals surface area contributed by atoms with Gasteiger partial charge in [0.15, 0.2) is 11.5 Å². The van der Waals surface area contributed by atoms with Gasteiger partial charge in [0.2, 0.25) is 0 Å². The van der Waals surface area contributed by atoms with E-state index in [4.69, 9.17) is 15.2 Å². The van der Waals surface area contributed by atoms with Gasteiger partial charge < -0.3 is 20.3 Å². The SMILES string of the molecule is COc1cc(F)cc(C(O)CN)c1OC(C)C. The molecule has 0 aliphatic carbocycles. The van der Waals surface area contributed by atoms with Crippen molar-refractivity contribution in [2.45, 2.75) is 26.1 Å². The van der Waals surface area contributed by atoms with Gasteiger partial charge in [-0.05, 0) is 19.9 Å². The summed E-state index contributed by atoms with van der Waals surface area (Å²) in [6, 6.07) is 2.42. The predicted octanol–water partition coefficient (Wildman–Crippen LogP) is 1.61. The molecule has 0 saturated heterocycles. The summed E-state index contributed by atoms with van der Waals surface area (Å²) in [5.41, 5.74) is 5.68. The van der Waals surface area contributed by atoms with Crippen molar-refractivity contribution >= 4 is 0 Å². The Kier molecular flexibility index (Phi) is 4.72. The number of methoxy groups -OCH3 is 1. The number of ether oxygens (including phenoxy) is 2. The zero-order chi connectivity index (χ0) is 13.0. The summed E-state index contributed by atoms with van der Waals surface area (Å²) in [5, 5.41) is 9.74. The van der Waals surface area contributed by atoms with Crippen molar-refractivity contribution in [2.75, 3.05) is 13.7 Å². The molecule has 0 saturated carbocycles. The Hall–Kier alpha value is -1.33. The van der Waals surface area contributed by atoms with Crippen LogP contribution >= 0.6 is 0 Å². The van der Waals surface area contributed by atoms with Crippen LogP contribution in [-0.4, -0.2) is 24.9 Å². The van der Waals surface area contributed by atoms with Gasteiger partial charge in [-0.2, -0.15) is 0 Å². The van der Waals surface area contributed by atoms with E-state index in [9.17, 15) is 9.50 Å². The topological polar surface area (TPSA) is 64.7 Å². The highest BCUT2D eigenvalue weighted by Crippen LogP contribution is 2.36. The maximum atomic E-state index is 13.3. The molecule has 0 heterocycles. The molecule has 1 rings (SSSR count). The number of halogens is 1. The van der Waals surface area contributed by atoms with Gasteiger partial charge in [-0.1, -0.05) is 0 Å². The van der Waals surface area contributed by atoms with E-state index in [1.165, 1.54) is 19.2 Å². The van der Waals surface area contributed by atoms with Crippen molar-refractivity contribution in [2.24, 2.45) is 5.73 Å². The molecule has 0 amide bonds. The van der Waals surface area contributed by atoms with E-state index in [0.29, 0.717) is 11.3 Å². The Labute approximate surface area is 100 Å². The smallest absolute Gasteiger partial charge is 0.167 e. The van der Waals surface area contributed by atoms with Crippen LogP contribution in [0.2, 0.25) is 0 Å². The summed E-state index contributed by atoms with van der Waals surface area (Å²) in [6.07, 6.45) is -1.09. The number of rotatable bonds is 5. The maximum Gasteiger partial charge on any atom is 0.167 e. The van der Waals surface area contributed by atoms with Crippen LogP contribution in [0.1, 0.15) is 25.5 Å². The van der Waals surface area contributed by atoms with Gasteiger partial charge in [0, 0.05) is 18.2 Å². The molecular formula is C12H18FNO3. The first kappa shape index (κ1) is 13.7. The number of benzene rings is 1. The third-order valence-electron chi connectivity index (χ3n) is 2.20. The highest BCUT2D eigenvalue weighted by atomic mass is 19.1. The Morgan fingerprint density at radius 1 is 1.41 bits per heavy atom. The molecule has 96 valence electrons. The minimum atomic E-state index is -0.978. The fraction of sp³-hybridized carbons (Fsp3) is 0.500. The summed E-state index contributed by atoms with van der Waals surface area (Å²) < 4.78 is 23.9. The molecule has 0 bridgehead atoms. The second kappa shape index (κ2) is 5.84. The van der Waals surface area contributed by atoms with E-state index in [2.05, 4.69) is 0 Å².